The van der Waals surface area contributed by atoms with Crippen LogP contribution in [0.25, 0.3) is 34.2 Å². The number of rotatable bonds is 14. The highest BCUT2D eigenvalue weighted by Crippen LogP contribution is 2.21. The first-order valence-electron chi connectivity index (χ1n) is 20.9. The second-order valence-corrected chi connectivity index (χ2v) is 15.7. The van der Waals surface area contributed by atoms with Gasteiger partial charge in [-0.2, -0.15) is 20.4 Å². The number of nitrogens with zero attached hydrogens (tertiary/aromatic N) is 12. The number of aromatic nitrogens is 12. The minimum Gasteiger partial charge on any atom is -0.485 e. The number of benzene rings is 2. The summed E-state index contributed by atoms with van der Waals surface area (Å²) < 4.78 is 19.9. The summed E-state index contributed by atoms with van der Waals surface area (Å²) in [6.07, 6.45) is 15.9. The van der Waals surface area contributed by atoms with Gasteiger partial charge in [-0.05, 0) is 62.0 Å². The molecular formula is C47H51N12O6+. The van der Waals surface area contributed by atoms with Crippen LogP contribution in [0.2, 0.25) is 0 Å². The maximum atomic E-state index is 12.4. The molecule has 8 aromatic rings. The summed E-state index contributed by atoms with van der Waals surface area (Å²) in [5.41, 5.74) is 5.82. The zero-order valence-electron chi connectivity index (χ0n) is 37.2. The van der Waals surface area contributed by atoms with Crippen LogP contribution in [-0.2, 0) is 34.0 Å². The molecule has 0 unspecified atom stereocenters. The van der Waals surface area contributed by atoms with Crippen molar-refractivity contribution >= 4 is 0 Å². The van der Waals surface area contributed by atoms with Crippen LogP contribution < -0.4 is 24.9 Å². The van der Waals surface area contributed by atoms with E-state index in [2.05, 4.69) is 35.3 Å². The highest BCUT2D eigenvalue weighted by atomic mass is 16.5. The van der Waals surface area contributed by atoms with Crippen molar-refractivity contribution in [3.63, 3.8) is 0 Å². The molecule has 0 radical (unpaired) electrons. The number of hydrogen-bond acceptors (Lipinski definition) is 13. The van der Waals surface area contributed by atoms with E-state index < -0.39 is 12.2 Å². The Hall–Kier alpha value is -7.70. The summed E-state index contributed by atoms with van der Waals surface area (Å²) in [5, 5.41) is 36.5. The summed E-state index contributed by atoms with van der Waals surface area (Å²) >= 11 is 0. The van der Waals surface area contributed by atoms with Crippen molar-refractivity contribution in [1.82, 2.24) is 54.1 Å². The van der Waals surface area contributed by atoms with Crippen molar-refractivity contribution in [2.45, 2.75) is 65.0 Å². The van der Waals surface area contributed by atoms with Gasteiger partial charge in [0.25, 0.3) is 0 Å². The Morgan fingerprint density at radius 1 is 0.631 bits per heavy atom. The van der Waals surface area contributed by atoms with Gasteiger partial charge in [0.1, 0.15) is 41.2 Å². The maximum Gasteiger partial charge on any atom is 0.330 e. The first-order valence-corrected chi connectivity index (χ1v) is 20.9. The highest BCUT2D eigenvalue weighted by molar-refractivity contribution is 5.56. The average Bonchev–Trinajstić information content (AvgIpc) is 3.93. The summed E-state index contributed by atoms with van der Waals surface area (Å²) in [7, 11) is 5.55. The summed E-state index contributed by atoms with van der Waals surface area (Å²) in [4.78, 5) is 38.1. The largest absolute Gasteiger partial charge is 0.485 e. The first-order chi connectivity index (χ1) is 31.2. The van der Waals surface area contributed by atoms with Crippen LogP contribution in [0.1, 0.15) is 50.2 Å². The van der Waals surface area contributed by atoms with Crippen molar-refractivity contribution in [2.24, 2.45) is 21.1 Å². The molecule has 8 rings (SSSR count). The monoisotopic (exact) mass is 879 g/mol. The Labute approximate surface area is 374 Å². The molecule has 0 aliphatic heterocycles. The molecule has 18 nitrogen and oxygen atoms in total. The Morgan fingerprint density at radius 3 is 1.58 bits per heavy atom. The van der Waals surface area contributed by atoms with Gasteiger partial charge in [0.15, 0.2) is 17.8 Å². The fraction of sp³-hybridized carbons (Fsp3) is 0.277. The molecule has 0 amide bonds. The number of aliphatic hydroxyl groups excluding tert-OH is 2. The zero-order chi connectivity index (χ0) is 46.2. The first kappa shape index (κ1) is 45.3. The predicted molar refractivity (Wildman–Crippen MR) is 241 cm³/mol. The fourth-order valence-electron chi connectivity index (χ4n) is 6.50. The molecule has 2 aromatic carbocycles. The van der Waals surface area contributed by atoms with Crippen molar-refractivity contribution in [2.75, 3.05) is 0 Å². The van der Waals surface area contributed by atoms with E-state index in [4.69, 9.17) is 9.47 Å². The Morgan fingerprint density at radius 2 is 1.11 bits per heavy atom. The van der Waals surface area contributed by atoms with Gasteiger partial charge in [0, 0.05) is 57.0 Å². The van der Waals surface area contributed by atoms with Gasteiger partial charge < -0.3 is 19.7 Å². The molecule has 0 bridgehead atoms. The third-order valence-corrected chi connectivity index (χ3v) is 10.4. The van der Waals surface area contributed by atoms with Gasteiger partial charge in [-0.15, -0.1) is 0 Å². The van der Waals surface area contributed by atoms with Gasteiger partial charge in [-0.25, -0.2) is 23.9 Å². The molecule has 0 spiro atoms. The van der Waals surface area contributed by atoms with E-state index in [-0.39, 0.29) is 23.1 Å². The van der Waals surface area contributed by atoms with Gasteiger partial charge in [-0.1, -0.05) is 30.3 Å². The van der Waals surface area contributed by atoms with Gasteiger partial charge in [0.2, 0.25) is 16.6 Å². The van der Waals surface area contributed by atoms with E-state index in [1.165, 1.54) is 12.1 Å². The van der Waals surface area contributed by atoms with Crippen LogP contribution in [0.5, 0.6) is 11.5 Å². The molecule has 18 heteroatoms. The molecule has 2 N–H and O–H groups in total. The second kappa shape index (κ2) is 20.2. The Kier molecular flexibility index (Phi) is 14.1. The third kappa shape index (κ3) is 11.7. The van der Waals surface area contributed by atoms with Crippen molar-refractivity contribution in [3.05, 3.63) is 166 Å². The third-order valence-electron chi connectivity index (χ3n) is 10.4. The van der Waals surface area contributed by atoms with Crippen molar-refractivity contribution in [1.29, 1.82) is 0 Å². The lowest BCUT2D eigenvalue weighted by atomic mass is 10.1. The van der Waals surface area contributed by atoms with E-state index in [0.29, 0.717) is 41.6 Å². The van der Waals surface area contributed by atoms with E-state index in [1.54, 1.807) is 82.9 Å². The normalized spacial score (nSPS) is 13.0. The van der Waals surface area contributed by atoms with Crippen LogP contribution in [0.15, 0.2) is 132 Å². The van der Waals surface area contributed by atoms with Crippen LogP contribution in [0, 0.1) is 0 Å². The lowest BCUT2D eigenvalue weighted by Crippen LogP contribution is -2.33. The van der Waals surface area contributed by atoms with E-state index >= 15 is 0 Å². The molecule has 0 saturated heterocycles. The molecule has 6 aromatic heterocycles. The van der Waals surface area contributed by atoms with Gasteiger partial charge in [0.05, 0.1) is 62.0 Å². The lowest BCUT2D eigenvalue weighted by Gasteiger charge is -2.16. The van der Waals surface area contributed by atoms with Crippen LogP contribution in [0.3, 0.4) is 0 Å². The summed E-state index contributed by atoms with van der Waals surface area (Å²) in [6.45, 7) is 6.94. The minimum absolute atomic E-state index is 0.113. The smallest absolute Gasteiger partial charge is 0.330 e. The second-order valence-electron chi connectivity index (χ2n) is 15.7. The fourth-order valence-corrected chi connectivity index (χ4v) is 6.50. The molecule has 334 valence electrons. The average molecular weight is 880 g/mol. The summed E-state index contributed by atoms with van der Waals surface area (Å²) in [6, 6.07) is 18.6. The summed E-state index contributed by atoms with van der Waals surface area (Å²) in [5.74, 6) is 2.36. The molecule has 0 aliphatic rings. The molecule has 4 atom stereocenters. The molecule has 0 saturated carbocycles. The van der Waals surface area contributed by atoms with E-state index in [0.717, 1.165) is 39.5 Å². The molecule has 0 fully saturated rings. The molecule has 0 aliphatic carbocycles. The van der Waals surface area contributed by atoms with Crippen molar-refractivity contribution in [3.8, 4) is 45.6 Å². The Bertz CT molecular complexity index is 2990. The number of hydrogen-bond donors (Lipinski definition) is 2. The zero-order valence-corrected chi connectivity index (χ0v) is 37.2. The quantitative estimate of drug-likeness (QED) is 0.150. The number of ether oxygens (including phenoxy) is 2. The lowest BCUT2D eigenvalue weighted by molar-refractivity contribution is -0.663. The Balaban J connectivity index is 0.000000194. The highest BCUT2D eigenvalue weighted by Gasteiger charge is 2.19. The topological polar surface area (TPSA) is 207 Å². The van der Waals surface area contributed by atoms with E-state index in [9.17, 15) is 19.8 Å². The standard InChI is InChI=1S/C24H27N6O3.C23H24N6O3/c1-16(31)17(2)33-21-13-25-24(28(3)15-21)19-7-5-6-18(10-19)11-22-23(32)8-9-30(27-22)20-12-26-29(4)14-20;1-15(30)16(2)32-20-12-24-23(25-13-20)18-6-4-5-17(9-18)10-21-22(31)7-8-29(27-21)19-11-26-28(3)14-19/h5-10,12-17,31H,11H2,1-4H3;4-9,11-16,30H,10H2,1-3H3/q+1;/t16-,17-;15-,16-/m01/s1. The molecular weight excluding hydrogens is 829 g/mol. The minimum atomic E-state index is -0.597. The molecule has 6 heterocycles. The van der Waals surface area contributed by atoms with Crippen LogP contribution in [0.4, 0.5) is 0 Å². The van der Waals surface area contributed by atoms with Crippen LogP contribution in [-0.4, -0.2) is 88.7 Å². The SMILES string of the molecule is C[C@@H](O)[C@@H](C)Oc1cnc(-c2cccc(Cc3nn(-c4cnn(C)c4)ccc3=O)c2)nc1.C[C@H](O)[C@H](C)Oc1cnc(-c2cccc(Cc3nn(-c4cnn(C)c4)ccc3=O)c2)[n+](C)c1. The predicted octanol–water partition coefficient (Wildman–Crippen LogP) is 3.75. The molecule has 65 heavy (non-hydrogen) atoms. The maximum absolute atomic E-state index is 12.4. The van der Waals surface area contributed by atoms with Gasteiger partial charge >= 0.3 is 5.82 Å². The van der Waals surface area contributed by atoms with Crippen molar-refractivity contribution < 1.29 is 24.3 Å². The number of aryl methyl sites for hydroxylation is 3. The number of aliphatic hydroxyl groups is 2. The van der Waals surface area contributed by atoms with Crippen LogP contribution >= 0.6 is 0 Å². The van der Waals surface area contributed by atoms with E-state index in [1.807, 2.05) is 99.8 Å². The van der Waals surface area contributed by atoms with Gasteiger partial charge in [-0.3, -0.25) is 19.0 Å².